The highest BCUT2D eigenvalue weighted by Gasteiger charge is 2.24. The monoisotopic (exact) mass is 309 g/mol. The fourth-order valence-corrected chi connectivity index (χ4v) is 4.42. The molecule has 108 valence electrons. The van der Waals surface area contributed by atoms with Gasteiger partial charge in [0.15, 0.2) is 9.84 Å². The lowest BCUT2D eigenvalue weighted by Crippen LogP contribution is -2.13. The van der Waals surface area contributed by atoms with Crippen LogP contribution in [0.5, 0.6) is 0 Å². The molecule has 0 bridgehead atoms. The molecule has 5 heteroatoms. The van der Waals surface area contributed by atoms with Crippen molar-refractivity contribution in [1.82, 2.24) is 0 Å². The standard InChI is InChI=1S/C15H19NO2S2/c1-20(17,18)14-9-7-13(8-10-14)19-15-6-4-2-3-5-12(15)11-16/h7-10,12,15H,2-6H2,1H3. The minimum atomic E-state index is -3.14. The maximum absolute atomic E-state index is 11.4. The van der Waals surface area contributed by atoms with E-state index in [0.717, 1.165) is 24.2 Å². The Kier molecular flexibility index (Phi) is 5.11. The second-order valence-electron chi connectivity index (χ2n) is 5.27. The molecule has 1 saturated carbocycles. The average molecular weight is 309 g/mol. The van der Waals surface area contributed by atoms with Crippen molar-refractivity contribution >= 4 is 21.6 Å². The van der Waals surface area contributed by atoms with Crippen LogP contribution in [0.25, 0.3) is 0 Å². The third-order valence-corrected chi connectivity index (χ3v) is 6.20. The van der Waals surface area contributed by atoms with Crippen LogP contribution in [-0.2, 0) is 9.84 Å². The van der Waals surface area contributed by atoms with Gasteiger partial charge in [0.1, 0.15) is 0 Å². The van der Waals surface area contributed by atoms with Crippen molar-refractivity contribution in [2.75, 3.05) is 6.26 Å². The average Bonchev–Trinajstić information content (AvgIpc) is 2.63. The van der Waals surface area contributed by atoms with E-state index in [1.165, 1.54) is 19.1 Å². The zero-order chi connectivity index (χ0) is 14.6. The molecule has 1 aliphatic rings. The van der Waals surface area contributed by atoms with E-state index in [4.69, 9.17) is 0 Å². The van der Waals surface area contributed by atoms with Gasteiger partial charge in [-0.25, -0.2) is 8.42 Å². The second kappa shape index (κ2) is 6.64. The van der Waals surface area contributed by atoms with Crippen LogP contribution in [0.1, 0.15) is 32.1 Å². The topological polar surface area (TPSA) is 57.9 Å². The van der Waals surface area contributed by atoms with Crippen LogP contribution in [0.2, 0.25) is 0 Å². The summed E-state index contributed by atoms with van der Waals surface area (Å²) in [6.45, 7) is 0. The van der Waals surface area contributed by atoms with Crippen LogP contribution in [0.15, 0.2) is 34.1 Å². The number of sulfone groups is 1. The number of benzene rings is 1. The molecule has 1 aromatic rings. The van der Waals surface area contributed by atoms with Crippen LogP contribution in [0.4, 0.5) is 0 Å². The minimum absolute atomic E-state index is 0.108. The molecule has 0 spiro atoms. The lowest BCUT2D eigenvalue weighted by Gasteiger charge is -2.18. The van der Waals surface area contributed by atoms with Crippen molar-refractivity contribution < 1.29 is 8.42 Å². The molecule has 1 fully saturated rings. The third-order valence-electron chi connectivity index (χ3n) is 3.66. The van der Waals surface area contributed by atoms with E-state index in [0.29, 0.717) is 10.1 Å². The summed E-state index contributed by atoms with van der Waals surface area (Å²) in [4.78, 5) is 1.39. The summed E-state index contributed by atoms with van der Waals surface area (Å²) in [5.41, 5.74) is 0. The molecule has 1 aromatic carbocycles. The van der Waals surface area contributed by atoms with Crippen molar-refractivity contribution in [3.63, 3.8) is 0 Å². The first kappa shape index (κ1) is 15.4. The van der Waals surface area contributed by atoms with Crippen LogP contribution < -0.4 is 0 Å². The minimum Gasteiger partial charge on any atom is -0.224 e. The summed E-state index contributed by atoms with van der Waals surface area (Å²) < 4.78 is 22.9. The van der Waals surface area contributed by atoms with E-state index in [1.807, 2.05) is 12.1 Å². The number of rotatable bonds is 3. The maximum Gasteiger partial charge on any atom is 0.175 e. The molecule has 2 unspecified atom stereocenters. The van der Waals surface area contributed by atoms with Gasteiger partial charge in [0.25, 0.3) is 0 Å². The summed E-state index contributed by atoms with van der Waals surface area (Å²) in [5, 5.41) is 9.60. The molecular weight excluding hydrogens is 290 g/mol. The molecule has 2 atom stereocenters. The molecular formula is C15H19NO2S2. The van der Waals surface area contributed by atoms with Crippen molar-refractivity contribution in [2.45, 2.75) is 47.1 Å². The van der Waals surface area contributed by atoms with Gasteiger partial charge in [0.05, 0.1) is 16.9 Å². The smallest absolute Gasteiger partial charge is 0.175 e. The number of hydrogen-bond acceptors (Lipinski definition) is 4. The first-order chi connectivity index (χ1) is 9.50. The molecule has 0 heterocycles. The van der Waals surface area contributed by atoms with Gasteiger partial charge in [-0.3, -0.25) is 0 Å². The van der Waals surface area contributed by atoms with E-state index in [9.17, 15) is 13.7 Å². The van der Waals surface area contributed by atoms with Gasteiger partial charge < -0.3 is 0 Å². The zero-order valence-corrected chi connectivity index (χ0v) is 13.2. The van der Waals surface area contributed by atoms with E-state index in [-0.39, 0.29) is 5.92 Å². The third kappa shape index (κ3) is 4.00. The molecule has 0 amide bonds. The van der Waals surface area contributed by atoms with Crippen molar-refractivity contribution in [3.05, 3.63) is 24.3 Å². The maximum atomic E-state index is 11.4. The van der Waals surface area contributed by atoms with Gasteiger partial charge in [0.2, 0.25) is 0 Å². The summed E-state index contributed by atoms with van der Waals surface area (Å²) in [7, 11) is -3.14. The lowest BCUT2D eigenvalue weighted by molar-refractivity contribution is 0.585. The highest BCUT2D eigenvalue weighted by Crippen LogP contribution is 2.36. The molecule has 0 radical (unpaired) electrons. The van der Waals surface area contributed by atoms with Crippen LogP contribution >= 0.6 is 11.8 Å². The molecule has 20 heavy (non-hydrogen) atoms. The van der Waals surface area contributed by atoms with Crippen LogP contribution in [-0.4, -0.2) is 19.9 Å². The van der Waals surface area contributed by atoms with Gasteiger partial charge in [-0.2, -0.15) is 5.26 Å². The zero-order valence-electron chi connectivity index (χ0n) is 11.6. The molecule has 0 aliphatic heterocycles. The highest BCUT2D eigenvalue weighted by atomic mass is 32.2. The Labute approximate surface area is 125 Å². The summed E-state index contributed by atoms with van der Waals surface area (Å²) in [5.74, 6) is 0.108. The molecule has 2 rings (SSSR count). The van der Waals surface area contributed by atoms with E-state index >= 15 is 0 Å². The van der Waals surface area contributed by atoms with Crippen molar-refractivity contribution in [1.29, 1.82) is 5.26 Å². The van der Waals surface area contributed by atoms with Crippen LogP contribution in [0.3, 0.4) is 0 Å². The first-order valence-corrected chi connectivity index (χ1v) is 9.64. The summed E-state index contributed by atoms with van der Waals surface area (Å²) >= 11 is 1.71. The van der Waals surface area contributed by atoms with E-state index in [1.54, 1.807) is 23.9 Å². The van der Waals surface area contributed by atoms with Crippen LogP contribution in [0, 0.1) is 17.2 Å². The largest absolute Gasteiger partial charge is 0.224 e. The molecule has 0 saturated heterocycles. The first-order valence-electron chi connectivity index (χ1n) is 6.87. The van der Waals surface area contributed by atoms with Gasteiger partial charge >= 0.3 is 0 Å². The Morgan fingerprint density at radius 1 is 1.15 bits per heavy atom. The number of nitriles is 1. The second-order valence-corrected chi connectivity index (χ2v) is 8.60. The molecule has 0 N–H and O–H groups in total. The summed E-state index contributed by atoms with van der Waals surface area (Å²) in [6.07, 6.45) is 6.79. The van der Waals surface area contributed by atoms with Gasteiger partial charge in [-0.1, -0.05) is 19.3 Å². The Morgan fingerprint density at radius 2 is 1.80 bits per heavy atom. The lowest BCUT2D eigenvalue weighted by atomic mass is 10.0. The fourth-order valence-electron chi connectivity index (χ4n) is 2.50. The Morgan fingerprint density at radius 3 is 2.40 bits per heavy atom. The van der Waals surface area contributed by atoms with Gasteiger partial charge in [-0.05, 0) is 37.1 Å². The fraction of sp³-hybridized carbons (Fsp3) is 0.533. The molecule has 1 aliphatic carbocycles. The SMILES string of the molecule is CS(=O)(=O)c1ccc(SC2CCCCCC2C#N)cc1. The normalized spacial score (nSPS) is 23.8. The number of hydrogen-bond donors (Lipinski definition) is 0. The predicted molar refractivity (Wildman–Crippen MR) is 81.4 cm³/mol. The Balaban J connectivity index is 2.10. The summed E-state index contributed by atoms with van der Waals surface area (Å²) in [6, 6.07) is 9.43. The van der Waals surface area contributed by atoms with Gasteiger partial charge in [0, 0.05) is 16.4 Å². The Hall–Kier alpha value is -0.990. The quantitative estimate of drug-likeness (QED) is 0.800. The van der Waals surface area contributed by atoms with Gasteiger partial charge in [-0.15, -0.1) is 11.8 Å². The predicted octanol–water partition coefficient (Wildman–Crippen LogP) is 3.65. The Bertz CT molecular complexity index is 587. The number of nitrogens with zero attached hydrogens (tertiary/aromatic N) is 1. The molecule has 3 nitrogen and oxygen atoms in total. The van der Waals surface area contributed by atoms with Crippen molar-refractivity contribution in [3.8, 4) is 6.07 Å². The number of thioether (sulfide) groups is 1. The van der Waals surface area contributed by atoms with E-state index < -0.39 is 9.84 Å². The van der Waals surface area contributed by atoms with Crippen molar-refractivity contribution in [2.24, 2.45) is 5.92 Å². The molecule has 0 aromatic heterocycles. The van der Waals surface area contributed by atoms with E-state index in [2.05, 4.69) is 6.07 Å². The highest BCUT2D eigenvalue weighted by molar-refractivity contribution is 8.00.